The number of primary amides is 1. The minimum atomic E-state index is -1.43. The van der Waals surface area contributed by atoms with Crippen molar-refractivity contribution in [3.05, 3.63) is 120 Å². The van der Waals surface area contributed by atoms with E-state index in [4.69, 9.17) is 29.4 Å². The van der Waals surface area contributed by atoms with Crippen LogP contribution >= 0.6 is 11.3 Å². The number of likely N-dealkylation sites (tertiary alicyclic amines) is 1. The summed E-state index contributed by atoms with van der Waals surface area (Å²) in [6.45, 7) is 9.20. The molecule has 1 aliphatic carbocycles. The van der Waals surface area contributed by atoms with E-state index in [-0.39, 0.29) is 86.7 Å². The molecule has 4 aromatic carbocycles. The number of carbonyl (C=O) groups is 5. The molecule has 8 rings (SSSR count). The molecule has 5 N–H and O–H groups in total. The highest BCUT2D eigenvalue weighted by molar-refractivity contribution is 7.13. The van der Waals surface area contributed by atoms with Crippen molar-refractivity contribution in [1.82, 2.24) is 25.5 Å². The Morgan fingerprint density at radius 3 is 2.20 bits per heavy atom. The largest absolute Gasteiger partial charge is 0.493 e. The Morgan fingerprint density at radius 2 is 1.56 bits per heavy atom. The Kier molecular flexibility index (Phi) is 18.6. The number of fused-ring (bicyclic) bond motifs is 1. The maximum absolute atomic E-state index is 15.9. The van der Waals surface area contributed by atoms with Gasteiger partial charge in [0.15, 0.2) is 23.1 Å². The lowest BCUT2D eigenvalue weighted by molar-refractivity contribution is -0.144. The van der Waals surface area contributed by atoms with E-state index >= 15 is 4.39 Å². The Bertz CT molecular complexity index is 3150. The molecule has 0 spiro atoms. The smallest absolute Gasteiger partial charge is 0.247 e. The average molecular weight is 1110 g/mol. The van der Waals surface area contributed by atoms with Crippen LogP contribution in [0.4, 0.5) is 20.2 Å². The van der Waals surface area contributed by atoms with Crippen LogP contribution in [0.5, 0.6) is 23.0 Å². The van der Waals surface area contributed by atoms with Crippen molar-refractivity contribution in [3.63, 3.8) is 0 Å². The van der Waals surface area contributed by atoms with Gasteiger partial charge in [-0.25, -0.2) is 13.8 Å². The number of nitrogens with one attached hydrogen (secondary N) is 2. The summed E-state index contributed by atoms with van der Waals surface area (Å²) in [7, 11) is 1.48. The van der Waals surface area contributed by atoms with Crippen LogP contribution in [0.25, 0.3) is 21.3 Å². The summed E-state index contributed by atoms with van der Waals surface area (Å²) in [5, 5.41) is 16.9. The second-order valence-corrected chi connectivity index (χ2v) is 21.4. The van der Waals surface area contributed by atoms with E-state index in [0.717, 1.165) is 44.8 Å². The van der Waals surface area contributed by atoms with Crippen molar-refractivity contribution in [2.75, 3.05) is 51.6 Å². The second-order valence-electron chi connectivity index (χ2n) is 20.6. The molecule has 0 bridgehead atoms. The van der Waals surface area contributed by atoms with Crippen LogP contribution in [0.15, 0.2) is 96.6 Å². The summed E-state index contributed by atoms with van der Waals surface area (Å²) >= 11 is 1.56. The quantitative estimate of drug-likeness (QED) is 0.0314. The van der Waals surface area contributed by atoms with Crippen molar-refractivity contribution in [2.24, 2.45) is 16.6 Å². The number of rotatable bonds is 25. The molecule has 418 valence electrons. The molecule has 2 aliphatic rings. The molecule has 3 heterocycles. The van der Waals surface area contributed by atoms with Crippen molar-refractivity contribution in [1.29, 1.82) is 0 Å². The van der Waals surface area contributed by atoms with Gasteiger partial charge < -0.3 is 50.1 Å². The monoisotopic (exact) mass is 1110 g/mol. The van der Waals surface area contributed by atoms with Crippen LogP contribution in [-0.2, 0) is 40.0 Å². The predicted molar refractivity (Wildman–Crippen MR) is 292 cm³/mol. The topological polar surface area (TPSA) is 234 Å². The minimum Gasteiger partial charge on any atom is -0.493 e. The molecule has 21 heteroatoms. The van der Waals surface area contributed by atoms with E-state index in [1.54, 1.807) is 35.0 Å². The van der Waals surface area contributed by atoms with Gasteiger partial charge in [-0.15, -0.1) is 11.3 Å². The third kappa shape index (κ3) is 14.0. The number of aromatic nitrogens is 2. The van der Waals surface area contributed by atoms with E-state index in [9.17, 15) is 33.5 Å². The zero-order chi connectivity index (χ0) is 56.4. The van der Waals surface area contributed by atoms with E-state index in [0.29, 0.717) is 55.1 Å². The number of nitrogens with two attached hydrogens (primary N) is 1. The van der Waals surface area contributed by atoms with Crippen molar-refractivity contribution in [3.8, 4) is 33.4 Å². The summed E-state index contributed by atoms with van der Waals surface area (Å²) in [6.07, 6.45) is 2.31. The van der Waals surface area contributed by atoms with Crippen LogP contribution in [0.2, 0.25) is 0 Å². The Morgan fingerprint density at radius 1 is 0.861 bits per heavy atom. The van der Waals surface area contributed by atoms with Crippen LogP contribution in [0, 0.1) is 29.4 Å². The number of methoxy groups -OCH3 is 1. The number of pyridine rings is 1. The number of hydrogen-bond donors (Lipinski definition) is 4. The molecule has 18 nitrogen and oxygen atoms in total. The summed E-state index contributed by atoms with van der Waals surface area (Å²) in [6, 6.07) is 19.8. The highest BCUT2D eigenvalue weighted by Crippen LogP contribution is 2.49. The van der Waals surface area contributed by atoms with Gasteiger partial charge in [-0.3, -0.25) is 33.9 Å². The Hall–Kier alpha value is -7.59. The lowest BCUT2D eigenvalue weighted by atomic mass is 9.85. The molecule has 1 aliphatic heterocycles. The number of aliphatic hydroxyl groups is 1. The van der Waals surface area contributed by atoms with Crippen LogP contribution < -0.4 is 35.5 Å². The normalized spacial score (nSPS) is 16.0. The van der Waals surface area contributed by atoms with E-state index in [1.807, 2.05) is 52.0 Å². The zero-order valence-electron chi connectivity index (χ0n) is 44.7. The third-order valence-corrected chi connectivity index (χ3v) is 14.7. The number of benzene rings is 4. The maximum Gasteiger partial charge on any atom is 0.247 e. The summed E-state index contributed by atoms with van der Waals surface area (Å²) in [4.78, 5) is 79.0. The van der Waals surface area contributed by atoms with Crippen LogP contribution in [0.1, 0.15) is 70.6 Å². The van der Waals surface area contributed by atoms with Gasteiger partial charge in [0.25, 0.3) is 0 Å². The number of thiazole rings is 1. The van der Waals surface area contributed by atoms with Gasteiger partial charge in [0, 0.05) is 81.6 Å². The van der Waals surface area contributed by atoms with Crippen molar-refractivity contribution >= 4 is 63.2 Å². The number of hydrogen-bond acceptors (Lipinski definition) is 14. The standard InChI is InChI=1S/C58H65F2N7O11S/c1-35-51(79-34-64-35)37-10-8-36(9-11-37)32-63-53(70)45-29-41(68)33-66(45)54(71)52(57(2,3)4)65-50(69)19-27-76-24-6-23-75-25-7-26-77-49-31-44-42(30-48(49)74-5)46(18-22-62-44)78-47-17-16-40(28-43(47)60)67(39-14-12-38(59)13-15-39)56(73)58(20-21-58)55(61)72/h8-18,22,28,30-31,34,41,45,52,68H,6-7,19-21,23-27,29,32-33H2,1-5H3,(H2,61,72)(H,63,70)(H,65,69)/t41-,45+,52?/m1/s1. The average Bonchev–Trinajstić information content (AvgIpc) is 4.05. The number of ether oxygens (including phenoxy) is 5. The second kappa shape index (κ2) is 25.5. The summed E-state index contributed by atoms with van der Waals surface area (Å²) in [5.41, 5.74) is 8.93. The first-order valence-electron chi connectivity index (χ1n) is 26.0. The fourth-order valence-electron chi connectivity index (χ4n) is 9.19. The molecule has 2 fully saturated rings. The van der Waals surface area contributed by atoms with Gasteiger partial charge in [-0.05, 0) is 91.3 Å². The molecule has 79 heavy (non-hydrogen) atoms. The number of β-amino-alcohol motifs (C(OH)–C–C–N with tert-alkyl or cyclic N) is 1. The molecule has 2 aromatic heterocycles. The number of anilines is 2. The van der Waals surface area contributed by atoms with E-state index in [2.05, 4.69) is 20.6 Å². The van der Waals surface area contributed by atoms with Gasteiger partial charge in [0.05, 0.1) is 53.7 Å². The first-order chi connectivity index (χ1) is 37.9. The molecule has 1 unspecified atom stereocenters. The molecule has 6 aromatic rings. The van der Waals surface area contributed by atoms with E-state index < -0.39 is 58.4 Å². The predicted octanol–water partition coefficient (Wildman–Crippen LogP) is 8.07. The Balaban J connectivity index is 0.747. The Labute approximate surface area is 460 Å². The summed E-state index contributed by atoms with van der Waals surface area (Å²) in [5.74, 6) is -3.09. The number of aryl methyl sites for hydroxylation is 1. The number of amides is 5. The fourth-order valence-corrected chi connectivity index (χ4v) is 10.00. The number of aliphatic hydroxyl groups excluding tert-OH is 1. The first-order valence-corrected chi connectivity index (χ1v) is 26.9. The molecule has 5 amide bonds. The number of carbonyl (C=O) groups excluding carboxylic acids is 5. The number of nitrogens with zero attached hydrogens (tertiary/aromatic N) is 4. The van der Waals surface area contributed by atoms with Gasteiger partial charge in [0.1, 0.15) is 29.1 Å². The number of halogens is 2. The van der Waals surface area contributed by atoms with Gasteiger partial charge in [0.2, 0.25) is 29.5 Å². The van der Waals surface area contributed by atoms with Crippen molar-refractivity contribution in [2.45, 2.75) is 91.0 Å². The van der Waals surface area contributed by atoms with Gasteiger partial charge in [-0.2, -0.15) is 0 Å². The van der Waals surface area contributed by atoms with Crippen molar-refractivity contribution < 1.29 is 61.5 Å². The van der Waals surface area contributed by atoms with Crippen LogP contribution in [0.3, 0.4) is 0 Å². The SMILES string of the molecule is COc1cc2c(Oc3ccc(N(C(=O)C4(C(N)=O)CC4)c4ccc(F)cc4)cc3F)ccnc2cc1OCCCOCCCOCCC(=O)NC(C(=O)N1C[C@H](O)C[C@H]1C(=O)NCc1ccc(-c2scnc2C)cc1)C(C)(C)C. The van der Waals surface area contributed by atoms with Gasteiger partial charge >= 0.3 is 0 Å². The zero-order valence-corrected chi connectivity index (χ0v) is 45.5. The summed E-state index contributed by atoms with van der Waals surface area (Å²) < 4.78 is 58.9. The maximum atomic E-state index is 15.9. The molecule has 3 atom stereocenters. The fraction of sp³-hybridized carbons (Fsp3) is 0.397. The molecule has 1 saturated carbocycles. The highest BCUT2D eigenvalue weighted by atomic mass is 32.1. The molecular weight excluding hydrogens is 1040 g/mol. The van der Waals surface area contributed by atoms with Crippen LogP contribution in [-0.4, -0.2) is 114 Å². The minimum absolute atomic E-state index is 0.00667. The van der Waals surface area contributed by atoms with Gasteiger partial charge in [-0.1, -0.05) is 45.0 Å². The van der Waals surface area contributed by atoms with E-state index in [1.165, 1.54) is 42.5 Å². The first kappa shape index (κ1) is 57.6. The lowest BCUT2D eigenvalue weighted by Crippen LogP contribution is -2.57. The lowest BCUT2D eigenvalue weighted by Gasteiger charge is -2.35. The molecular formula is C58H65F2N7O11S. The molecule has 1 saturated heterocycles. The molecule has 0 radical (unpaired) electrons. The third-order valence-electron chi connectivity index (χ3n) is 13.8. The highest BCUT2D eigenvalue weighted by Gasteiger charge is 2.57.